The number of hydrogen-bond acceptors (Lipinski definition) is 4. The lowest BCUT2D eigenvalue weighted by Crippen LogP contribution is -2.32. The quantitative estimate of drug-likeness (QED) is 0.432. The second kappa shape index (κ2) is 7.89. The van der Waals surface area contributed by atoms with Gasteiger partial charge in [-0.1, -0.05) is 39.0 Å². The monoisotopic (exact) mass is 454 g/mol. The molecule has 0 radical (unpaired) electrons. The Balaban J connectivity index is 1.89. The maximum atomic E-state index is 10.3. The Bertz CT molecular complexity index is 1440. The lowest BCUT2D eigenvalue weighted by molar-refractivity contribution is 0.315. The van der Waals surface area contributed by atoms with Gasteiger partial charge in [-0.15, -0.1) is 0 Å². The van der Waals surface area contributed by atoms with Gasteiger partial charge in [0.15, 0.2) is 5.65 Å². The van der Waals surface area contributed by atoms with Gasteiger partial charge >= 0.3 is 0 Å². The third-order valence-electron chi connectivity index (χ3n) is 7.37. The molecule has 0 bridgehead atoms. The van der Waals surface area contributed by atoms with E-state index in [0.717, 1.165) is 47.8 Å². The smallest absolute Gasteiger partial charge is 0.156 e. The summed E-state index contributed by atoms with van der Waals surface area (Å²) in [7, 11) is 6.42. The van der Waals surface area contributed by atoms with E-state index >= 15 is 0 Å². The highest BCUT2D eigenvalue weighted by Gasteiger charge is 2.32. The minimum absolute atomic E-state index is 0.110. The van der Waals surface area contributed by atoms with Crippen molar-refractivity contribution in [1.29, 1.82) is 5.26 Å². The molecule has 4 aromatic rings. The molecule has 5 rings (SSSR count). The van der Waals surface area contributed by atoms with Gasteiger partial charge in [0, 0.05) is 66.0 Å². The third-order valence-corrected chi connectivity index (χ3v) is 7.37. The van der Waals surface area contributed by atoms with Crippen molar-refractivity contribution in [2.75, 3.05) is 32.1 Å². The number of anilines is 1. The van der Waals surface area contributed by atoms with E-state index in [1.54, 1.807) is 0 Å². The van der Waals surface area contributed by atoms with Gasteiger partial charge in [0.25, 0.3) is 0 Å². The van der Waals surface area contributed by atoms with Gasteiger partial charge in [0.05, 0.1) is 11.3 Å². The van der Waals surface area contributed by atoms with Crippen LogP contribution in [0.2, 0.25) is 0 Å². The van der Waals surface area contributed by atoms with Crippen molar-refractivity contribution >= 4 is 22.4 Å². The van der Waals surface area contributed by atoms with Crippen LogP contribution in [0.5, 0.6) is 0 Å². The van der Waals surface area contributed by atoms with Crippen LogP contribution in [0, 0.1) is 18.3 Å². The van der Waals surface area contributed by atoms with Crippen LogP contribution in [0.15, 0.2) is 36.7 Å². The van der Waals surface area contributed by atoms with Crippen LogP contribution in [-0.2, 0) is 12.5 Å². The predicted molar refractivity (Wildman–Crippen MR) is 140 cm³/mol. The largest absolute Gasteiger partial charge is 0.356 e. The molecule has 0 saturated carbocycles. The molecule has 1 saturated heterocycles. The first-order valence-electron chi connectivity index (χ1n) is 12.0. The molecule has 6 heteroatoms. The van der Waals surface area contributed by atoms with Crippen LogP contribution < -0.4 is 4.90 Å². The van der Waals surface area contributed by atoms with E-state index in [1.807, 2.05) is 0 Å². The Labute approximate surface area is 202 Å². The summed E-state index contributed by atoms with van der Waals surface area (Å²) in [5.74, 6) is 1.15. The first-order chi connectivity index (χ1) is 16.1. The molecule has 3 aromatic heterocycles. The number of rotatable bonds is 3. The molecule has 0 amide bonds. The molecule has 1 fully saturated rings. The number of pyridine rings is 1. The molecule has 6 nitrogen and oxygen atoms in total. The number of likely N-dealkylation sites (N-methyl/N-ethyl adjacent to an activating group) is 1. The second-order valence-electron chi connectivity index (χ2n) is 10.9. The van der Waals surface area contributed by atoms with E-state index in [9.17, 15) is 5.26 Å². The van der Waals surface area contributed by atoms with Gasteiger partial charge in [-0.3, -0.25) is 4.40 Å². The number of hydrogen-bond donors (Lipinski definition) is 0. The van der Waals surface area contributed by atoms with E-state index in [4.69, 9.17) is 4.98 Å². The first-order valence-corrected chi connectivity index (χ1v) is 12.0. The average molecular weight is 455 g/mol. The Kier molecular flexibility index (Phi) is 5.22. The molecular formula is C28H34N6. The van der Waals surface area contributed by atoms with Gasteiger partial charge in [-0.05, 0) is 39.1 Å². The second-order valence-corrected chi connectivity index (χ2v) is 10.9. The Hall–Kier alpha value is -3.30. The number of nitriles is 1. The fourth-order valence-electron chi connectivity index (χ4n) is 5.32. The molecule has 176 valence electrons. The summed E-state index contributed by atoms with van der Waals surface area (Å²) in [5.41, 5.74) is 6.81. The number of aryl methyl sites for hydroxylation is 1. The number of nitrogens with zero attached hydrogens (tertiary/aromatic N) is 6. The zero-order chi connectivity index (χ0) is 24.4. The van der Waals surface area contributed by atoms with Crippen molar-refractivity contribution < 1.29 is 0 Å². The van der Waals surface area contributed by atoms with E-state index in [2.05, 4.69) is 110 Å². The summed E-state index contributed by atoms with van der Waals surface area (Å²) in [4.78, 5) is 9.82. The molecule has 1 atom stereocenters. The number of fused-ring (bicyclic) bond motifs is 2. The number of aromatic nitrogens is 3. The zero-order valence-corrected chi connectivity index (χ0v) is 21.3. The highest BCUT2D eigenvalue weighted by Crippen LogP contribution is 2.43. The maximum Gasteiger partial charge on any atom is 0.156 e. The molecule has 1 aliphatic heterocycles. The van der Waals surface area contributed by atoms with Crippen molar-refractivity contribution in [1.82, 2.24) is 18.9 Å². The number of para-hydroxylation sites is 1. The molecule has 1 unspecified atom stereocenters. The molecule has 0 N–H and O–H groups in total. The first kappa shape index (κ1) is 22.5. The van der Waals surface area contributed by atoms with Crippen LogP contribution in [0.1, 0.15) is 44.0 Å². The van der Waals surface area contributed by atoms with Crippen LogP contribution in [-0.4, -0.2) is 52.1 Å². The zero-order valence-electron chi connectivity index (χ0n) is 21.3. The van der Waals surface area contributed by atoms with Crippen molar-refractivity contribution in [2.24, 2.45) is 7.05 Å². The molecule has 1 aliphatic rings. The van der Waals surface area contributed by atoms with Crippen molar-refractivity contribution in [3.63, 3.8) is 0 Å². The SMILES string of the molecule is Cc1c(-c2cn(C)c3ccccc23)c(N2CCC(N(C)C)C2)n2cc(C(C)(C)C)nc2c1C#N. The molecule has 0 spiro atoms. The third kappa shape index (κ3) is 3.38. The standard InChI is InChI=1S/C28H34N6/c1-18-21(14-29)26-30-24(28(2,3)4)17-34(26)27(33-13-12-19(15-33)31(5)6)25(18)22-16-32(7)23-11-9-8-10-20(22)23/h8-11,16-17,19H,12-13,15H2,1-7H3. The van der Waals surface area contributed by atoms with E-state index in [0.29, 0.717) is 11.6 Å². The summed E-state index contributed by atoms with van der Waals surface area (Å²) in [5, 5.41) is 11.5. The van der Waals surface area contributed by atoms with E-state index < -0.39 is 0 Å². The van der Waals surface area contributed by atoms with Gasteiger partial charge in [-0.25, -0.2) is 4.98 Å². The minimum atomic E-state index is -0.110. The number of benzene rings is 1. The fourth-order valence-corrected chi connectivity index (χ4v) is 5.32. The van der Waals surface area contributed by atoms with E-state index in [-0.39, 0.29) is 5.41 Å². The normalized spacial score (nSPS) is 16.8. The molecule has 34 heavy (non-hydrogen) atoms. The Morgan fingerprint density at radius 1 is 1.15 bits per heavy atom. The van der Waals surface area contributed by atoms with Gasteiger partial charge in [0.1, 0.15) is 11.9 Å². The summed E-state index contributed by atoms with van der Waals surface area (Å²) in [6, 6.07) is 11.5. The minimum Gasteiger partial charge on any atom is -0.356 e. The van der Waals surface area contributed by atoms with Crippen LogP contribution >= 0.6 is 0 Å². The lowest BCUT2D eigenvalue weighted by atomic mass is 9.93. The fraction of sp³-hybridized carbons (Fsp3) is 0.429. The van der Waals surface area contributed by atoms with Gasteiger partial charge in [-0.2, -0.15) is 5.26 Å². The van der Waals surface area contributed by atoms with Crippen molar-refractivity contribution in [2.45, 2.75) is 45.6 Å². The Morgan fingerprint density at radius 2 is 1.88 bits per heavy atom. The summed E-state index contributed by atoms with van der Waals surface area (Å²) in [6.07, 6.45) is 5.48. The van der Waals surface area contributed by atoms with Crippen molar-refractivity contribution in [3.05, 3.63) is 53.5 Å². The van der Waals surface area contributed by atoms with Crippen LogP contribution in [0.4, 0.5) is 5.82 Å². The topological polar surface area (TPSA) is 52.5 Å². The van der Waals surface area contributed by atoms with Crippen molar-refractivity contribution in [3.8, 4) is 17.2 Å². The summed E-state index contributed by atoms with van der Waals surface area (Å²) >= 11 is 0. The maximum absolute atomic E-state index is 10.3. The average Bonchev–Trinajstić information content (AvgIpc) is 3.51. The highest BCUT2D eigenvalue weighted by molar-refractivity contribution is 6.01. The van der Waals surface area contributed by atoms with Crippen LogP contribution in [0.25, 0.3) is 27.7 Å². The summed E-state index contributed by atoms with van der Waals surface area (Å²) in [6.45, 7) is 10.5. The Morgan fingerprint density at radius 3 is 2.53 bits per heavy atom. The molecule has 0 aliphatic carbocycles. The summed E-state index contributed by atoms with van der Waals surface area (Å²) < 4.78 is 4.38. The highest BCUT2D eigenvalue weighted by atomic mass is 15.3. The number of imidazole rings is 1. The predicted octanol–water partition coefficient (Wildman–Crippen LogP) is 5.11. The lowest BCUT2D eigenvalue weighted by Gasteiger charge is -2.26. The molecule has 4 heterocycles. The van der Waals surface area contributed by atoms with Gasteiger partial charge < -0.3 is 14.4 Å². The molecule has 1 aromatic carbocycles. The molecular weight excluding hydrogens is 420 g/mol. The van der Waals surface area contributed by atoms with Gasteiger partial charge in [0.2, 0.25) is 0 Å². The van der Waals surface area contributed by atoms with E-state index in [1.165, 1.54) is 16.5 Å². The van der Waals surface area contributed by atoms with Crippen LogP contribution in [0.3, 0.4) is 0 Å².